The van der Waals surface area contributed by atoms with Gasteiger partial charge in [-0.15, -0.1) is 0 Å². The average molecular weight is 379 g/mol. The highest BCUT2D eigenvalue weighted by Crippen LogP contribution is 2.27. The maximum atomic E-state index is 12.5. The number of rotatable bonds is 4. The van der Waals surface area contributed by atoms with E-state index in [0.29, 0.717) is 15.7 Å². The number of aryl methyl sites for hydroxylation is 3. The molecule has 0 atom stereocenters. The van der Waals surface area contributed by atoms with Gasteiger partial charge in [-0.3, -0.25) is 9.59 Å². The molecule has 0 aliphatic heterocycles. The van der Waals surface area contributed by atoms with E-state index >= 15 is 0 Å². The van der Waals surface area contributed by atoms with Crippen LogP contribution >= 0.6 is 23.2 Å². The third kappa shape index (κ3) is 4.74. The summed E-state index contributed by atoms with van der Waals surface area (Å²) in [5.74, 6) is -0.540. The third-order valence-electron chi connectivity index (χ3n) is 3.84. The summed E-state index contributed by atoms with van der Waals surface area (Å²) >= 11 is 11.9. The van der Waals surface area contributed by atoms with Gasteiger partial charge in [0.25, 0.3) is 0 Å². The summed E-state index contributed by atoms with van der Waals surface area (Å²) in [6.45, 7) is 7.18. The Kier molecular flexibility index (Phi) is 6.09. The zero-order chi connectivity index (χ0) is 18.7. The van der Waals surface area contributed by atoms with Crippen molar-refractivity contribution >= 4 is 46.4 Å². The van der Waals surface area contributed by atoms with Crippen LogP contribution in [0, 0.1) is 20.8 Å². The third-order valence-corrected chi connectivity index (χ3v) is 4.58. The molecule has 0 aromatic heterocycles. The van der Waals surface area contributed by atoms with Gasteiger partial charge in [0.1, 0.15) is 6.54 Å². The van der Waals surface area contributed by atoms with Gasteiger partial charge >= 0.3 is 0 Å². The Bertz CT molecular complexity index is 811. The van der Waals surface area contributed by atoms with Crippen molar-refractivity contribution in [1.29, 1.82) is 0 Å². The highest BCUT2D eigenvalue weighted by atomic mass is 35.5. The molecule has 25 heavy (non-hydrogen) atoms. The SMILES string of the molecule is CC(=O)N(CC(=O)Nc1c(C)cc(C)cc1C)c1ccc(Cl)c(Cl)c1. The maximum absolute atomic E-state index is 12.5. The molecule has 0 unspecified atom stereocenters. The molecular formula is C19H20Cl2N2O2. The van der Waals surface area contributed by atoms with E-state index in [4.69, 9.17) is 23.2 Å². The molecule has 2 rings (SSSR count). The molecular weight excluding hydrogens is 359 g/mol. The van der Waals surface area contributed by atoms with E-state index in [9.17, 15) is 9.59 Å². The monoisotopic (exact) mass is 378 g/mol. The van der Waals surface area contributed by atoms with Crippen molar-refractivity contribution < 1.29 is 9.59 Å². The number of nitrogens with one attached hydrogen (secondary N) is 1. The molecule has 0 radical (unpaired) electrons. The molecule has 0 saturated carbocycles. The Morgan fingerprint density at radius 2 is 1.60 bits per heavy atom. The summed E-state index contributed by atoms with van der Waals surface area (Å²) in [5.41, 5.74) is 4.39. The Balaban J connectivity index is 2.21. The number of nitrogens with zero attached hydrogens (tertiary/aromatic N) is 1. The van der Waals surface area contributed by atoms with Crippen LogP contribution in [-0.4, -0.2) is 18.4 Å². The molecule has 4 nitrogen and oxygen atoms in total. The standard InChI is InChI=1S/C19H20Cl2N2O2/c1-11-7-12(2)19(13(3)8-11)22-18(25)10-23(14(4)24)15-5-6-16(20)17(21)9-15/h5-9H,10H2,1-4H3,(H,22,25). The summed E-state index contributed by atoms with van der Waals surface area (Å²) in [5, 5.41) is 3.62. The first-order valence-corrected chi connectivity index (χ1v) is 8.55. The summed E-state index contributed by atoms with van der Waals surface area (Å²) in [7, 11) is 0. The fourth-order valence-corrected chi connectivity index (χ4v) is 3.03. The van der Waals surface area contributed by atoms with Gasteiger partial charge in [-0.2, -0.15) is 0 Å². The molecule has 132 valence electrons. The second kappa shape index (κ2) is 7.89. The Hall–Kier alpha value is -2.04. The Labute approximate surface area is 157 Å². The van der Waals surface area contributed by atoms with Gasteiger partial charge in [-0.05, 0) is 50.1 Å². The first-order chi connectivity index (χ1) is 11.7. The Morgan fingerprint density at radius 3 is 2.12 bits per heavy atom. The number of benzene rings is 2. The highest BCUT2D eigenvalue weighted by molar-refractivity contribution is 6.42. The van der Waals surface area contributed by atoms with Crippen LogP contribution in [0.5, 0.6) is 0 Å². The van der Waals surface area contributed by atoms with Crippen LogP contribution in [0.3, 0.4) is 0 Å². The lowest BCUT2D eigenvalue weighted by Crippen LogP contribution is -2.36. The zero-order valence-electron chi connectivity index (χ0n) is 14.6. The van der Waals surface area contributed by atoms with Gasteiger partial charge in [0.2, 0.25) is 11.8 Å². The second-order valence-corrected chi connectivity index (χ2v) is 6.84. The first-order valence-electron chi connectivity index (χ1n) is 7.80. The van der Waals surface area contributed by atoms with E-state index in [-0.39, 0.29) is 18.4 Å². The van der Waals surface area contributed by atoms with Crippen molar-refractivity contribution in [3.05, 3.63) is 57.1 Å². The number of carbonyl (C=O) groups is 2. The lowest BCUT2D eigenvalue weighted by Gasteiger charge is -2.22. The van der Waals surface area contributed by atoms with E-state index in [1.54, 1.807) is 18.2 Å². The van der Waals surface area contributed by atoms with Crippen molar-refractivity contribution in [2.75, 3.05) is 16.8 Å². The Morgan fingerprint density at radius 1 is 1.00 bits per heavy atom. The van der Waals surface area contributed by atoms with Gasteiger partial charge in [0, 0.05) is 18.3 Å². The van der Waals surface area contributed by atoms with Gasteiger partial charge in [-0.25, -0.2) is 0 Å². The lowest BCUT2D eigenvalue weighted by molar-refractivity contribution is -0.120. The molecule has 0 fully saturated rings. The molecule has 0 aliphatic rings. The fourth-order valence-electron chi connectivity index (χ4n) is 2.74. The van der Waals surface area contributed by atoms with Crippen LogP contribution in [0.2, 0.25) is 10.0 Å². The van der Waals surface area contributed by atoms with Gasteiger partial charge < -0.3 is 10.2 Å². The summed E-state index contributed by atoms with van der Waals surface area (Å²) in [6, 6.07) is 8.84. The van der Waals surface area contributed by atoms with Crippen LogP contribution in [0.4, 0.5) is 11.4 Å². The number of hydrogen-bond acceptors (Lipinski definition) is 2. The van der Waals surface area contributed by atoms with Crippen molar-refractivity contribution in [3.63, 3.8) is 0 Å². The molecule has 2 aromatic carbocycles. The minimum atomic E-state index is -0.281. The van der Waals surface area contributed by atoms with E-state index in [1.165, 1.54) is 11.8 Å². The largest absolute Gasteiger partial charge is 0.324 e. The highest BCUT2D eigenvalue weighted by Gasteiger charge is 2.18. The van der Waals surface area contributed by atoms with Crippen molar-refractivity contribution in [1.82, 2.24) is 0 Å². The maximum Gasteiger partial charge on any atom is 0.244 e. The zero-order valence-corrected chi connectivity index (χ0v) is 16.1. The number of anilines is 2. The molecule has 1 N–H and O–H groups in total. The van der Waals surface area contributed by atoms with Gasteiger partial charge in [0.05, 0.1) is 10.0 Å². The quantitative estimate of drug-likeness (QED) is 0.821. The van der Waals surface area contributed by atoms with Crippen LogP contribution in [0.1, 0.15) is 23.6 Å². The van der Waals surface area contributed by atoms with Crippen LogP contribution in [-0.2, 0) is 9.59 Å². The summed E-state index contributed by atoms with van der Waals surface area (Å²) in [6.07, 6.45) is 0. The van der Waals surface area contributed by atoms with Gasteiger partial charge in [0.15, 0.2) is 0 Å². The molecule has 0 aliphatic carbocycles. The smallest absolute Gasteiger partial charge is 0.244 e. The molecule has 0 saturated heterocycles. The number of halogens is 2. The minimum Gasteiger partial charge on any atom is -0.324 e. The van der Waals surface area contributed by atoms with Crippen LogP contribution < -0.4 is 10.2 Å². The number of amides is 2. The fraction of sp³-hybridized carbons (Fsp3) is 0.263. The normalized spacial score (nSPS) is 10.5. The van der Waals surface area contributed by atoms with Crippen molar-refractivity contribution in [3.8, 4) is 0 Å². The first kappa shape index (κ1) is 19.3. The molecule has 6 heteroatoms. The predicted molar refractivity (Wildman–Crippen MR) is 104 cm³/mol. The molecule has 2 amide bonds. The lowest BCUT2D eigenvalue weighted by atomic mass is 10.1. The predicted octanol–water partition coefficient (Wildman–Crippen LogP) is 4.91. The van der Waals surface area contributed by atoms with E-state index in [2.05, 4.69) is 5.32 Å². The topological polar surface area (TPSA) is 49.4 Å². The van der Waals surface area contributed by atoms with E-state index in [1.807, 2.05) is 32.9 Å². The van der Waals surface area contributed by atoms with Gasteiger partial charge in [-0.1, -0.05) is 40.9 Å². The van der Waals surface area contributed by atoms with Crippen LogP contribution in [0.25, 0.3) is 0 Å². The molecule has 0 heterocycles. The van der Waals surface area contributed by atoms with Crippen molar-refractivity contribution in [2.45, 2.75) is 27.7 Å². The van der Waals surface area contributed by atoms with Crippen LogP contribution in [0.15, 0.2) is 30.3 Å². The summed E-state index contributed by atoms with van der Waals surface area (Å²) < 4.78 is 0. The minimum absolute atomic E-state index is 0.111. The molecule has 2 aromatic rings. The number of carbonyl (C=O) groups excluding carboxylic acids is 2. The van der Waals surface area contributed by atoms with E-state index < -0.39 is 0 Å². The van der Waals surface area contributed by atoms with Crippen molar-refractivity contribution in [2.24, 2.45) is 0 Å². The van der Waals surface area contributed by atoms with E-state index in [0.717, 1.165) is 22.4 Å². The summed E-state index contributed by atoms with van der Waals surface area (Å²) in [4.78, 5) is 25.8. The molecule has 0 bridgehead atoms. The second-order valence-electron chi connectivity index (χ2n) is 6.03. The number of hydrogen-bond donors (Lipinski definition) is 1. The molecule has 0 spiro atoms. The average Bonchev–Trinajstić information content (AvgIpc) is 2.51.